The fourth-order valence-electron chi connectivity index (χ4n) is 1.28. The number of hydrogen-bond acceptors (Lipinski definition) is 3. The molecule has 4 heteroatoms. The van der Waals surface area contributed by atoms with Gasteiger partial charge in [-0.1, -0.05) is 6.92 Å². The van der Waals surface area contributed by atoms with Crippen LogP contribution >= 0.6 is 0 Å². The number of hydrogen-bond donors (Lipinski definition) is 3. The van der Waals surface area contributed by atoms with Gasteiger partial charge in [-0.2, -0.15) is 0 Å². The number of hydrazine groups is 1. The maximum absolute atomic E-state index is 10.9. The molecule has 0 bridgehead atoms. The molecule has 1 amide bonds. The highest BCUT2D eigenvalue weighted by atomic mass is 16.2. The molecule has 58 valence electrons. The molecule has 0 aromatic heterocycles. The Morgan fingerprint density at radius 1 is 1.80 bits per heavy atom. The van der Waals surface area contributed by atoms with Gasteiger partial charge in [-0.25, -0.2) is 5.84 Å². The lowest BCUT2D eigenvalue weighted by molar-refractivity contribution is -0.123. The first-order valence-corrected chi connectivity index (χ1v) is 3.49. The molecular weight excluding hydrogens is 130 g/mol. The minimum absolute atomic E-state index is 0.0787. The second-order valence-electron chi connectivity index (χ2n) is 2.71. The highest BCUT2D eigenvalue weighted by molar-refractivity contribution is 5.81. The Balaban J connectivity index is 2.46. The molecule has 1 aliphatic rings. The first-order valence-electron chi connectivity index (χ1n) is 3.49. The summed E-state index contributed by atoms with van der Waals surface area (Å²) in [6, 6.07) is -0.0787. The predicted octanol–water partition coefficient (Wildman–Crippen LogP) is -1.03. The van der Waals surface area contributed by atoms with Crippen LogP contribution in [-0.4, -0.2) is 18.5 Å². The Labute approximate surface area is 60.1 Å². The molecule has 1 rings (SSSR count). The Bertz CT molecular complexity index is 137. The summed E-state index contributed by atoms with van der Waals surface area (Å²) in [4.78, 5) is 10.9. The van der Waals surface area contributed by atoms with Crippen LogP contribution in [0.15, 0.2) is 0 Å². The topological polar surface area (TPSA) is 67.2 Å². The number of nitrogens with one attached hydrogen (secondary N) is 2. The van der Waals surface area contributed by atoms with Crippen molar-refractivity contribution in [1.29, 1.82) is 0 Å². The van der Waals surface area contributed by atoms with Crippen LogP contribution in [0.1, 0.15) is 13.3 Å². The molecule has 1 heterocycles. The third-order valence-corrected chi connectivity index (χ3v) is 1.96. The zero-order valence-corrected chi connectivity index (χ0v) is 6.05. The maximum atomic E-state index is 10.9. The number of carbonyl (C=O) groups excluding carboxylic acids is 1. The third-order valence-electron chi connectivity index (χ3n) is 1.96. The number of carbonyl (C=O) groups is 1. The summed E-state index contributed by atoms with van der Waals surface area (Å²) in [6.45, 7) is 2.96. The summed E-state index contributed by atoms with van der Waals surface area (Å²) < 4.78 is 0. The van der Waals surface area contributed by atoms with Crippen LogP contribution < -0.4 is 16.6 Å². The fourth-order valence-corrected chi connectivity index (χ4v) is 1.28. The van der Waals surface area contributed by atoms with E-state index in [9.17, 15) is 4.79 Å². The van der Waals surface area contributed by atoms with Crippen molar-refractivity contribution in [1.82, 2.24) is 10.7 Å². The van der Waals surface area contributed by atoms with Crippen LogP contribution in [0.2, 0.25) is 0 Å². The van der Waals surface area contributed by atoms with Crippen LogP contribution in [-0.2, 0) is 4.79 Å². The molecule has 1 aliphatic heterocycles. The highest BCUT2D eigenvalue weighted by Crippen LogP contribution is 2.13. The van der Waals surface area contributed by atoms with Gasteiger partial charge in [0.25, 0.3) is 5.91 Å². The van der Waals surface area contributed by atoms with E-state index >= 15 is 0 Å². The largest absolute Gasteiger partial charge is 0.306 e. The van der Waals surface area contributed by atoms with Crippen molar-refractivity contribution in [2.24, 2.45) is 11.8 Å². The normalized spacial score (nSPS) is 32.2. The third kappa shape index (κ3) is 1.27. The molecule has 4 nitrogen and oxygen atoms in total. The van der Waals surface area contributed by atoms with Gasteiger partial charge in [-0.3, -0.25) is 10.2 Å². The number of rotatable bonds is 1. The summed E-state index contributed by atoms with van der Waals surface area (Å²) in [5, 5.41) is 3.06. The Morgan fingerprint density at radius 2 is 2.50 bits per heavy atom. The van der Waals surface area contributed by atoms with E-state index in [0.29, 0.717) is 5.92 Å². The molecule has 0 unspecified atom stereocenters. The minimum atomic E-state index is -0.106. The van der Waals surface area contributed by atoms with Gasteiger partial charge in [0.1, 0.15) is 0 Å². The van der Waals surface area contributed by atoms with Gasteiger partial charge in [0.15, 0.2) is 0 Å². The van der Waals surface area contributed by atoms with E-state index in [1.54, 1.807) is 0 Å². The first-order chi connectivity index (χ1) is 4.75. The van der Waals surface area contributed by atoms with Crippen molar-refractivity contribution in [2.75, 3.05) is 6.54 Å². The lowest BCUT2D eigenvalue weighted by atomic mass is 10.0. The van der Waals surface area contributed by atoms with E-state index in [2.05, 4.69) is 10.7 Å². The van der Waals surface area contributed by atoms with E-state index in [1.165, 1.54) is 0 Å². The zero-order chi connectivity index (χ0) is 7.56. The van der Waals surface area contributed by atoms with Crippen LogP contribution in [0.3, 0.4) is 0 Å². The molecular formula is C6H13N3O. The Hall–Kier alpha value is -0.610. The van der Waals surface area contributed by atoms with Crippen molar-refractivity contribution in [3.8, 4) is 0 Å². The molecule has 0 saturated carbocycles. The molecule has 1 fully saturated rings. The van der Waals surface area contributed by atoms with E-state index < -0.39 is 0 Å². The molecule has 0 aromatic carbocycles. The predicted molar refractivity (Wildman–Crippen MR) is 37.9 cm³/mol. The molecule has 0 spiro atoms. The maximum Gasteiger partial charge on any atom is 0.251 e. The summed E-state index contributed by atoms with van der Waals surface area (Å²) in [5.74, 6) is 5.27. The Morgan fingerprint density at radius 3 is 2.90 bits per heavy atom. The van der Waals surface area contributed by atoms with Gasteiger partial charge in [-0.15, -0.1) is 0 Å². The number of amides is 1. The van der Waals surface area contributed by atoms with Gasteiger partial charge < -0.3 is 5.32 Å². The van der Waals surface area contributed by atoms with Crippen LogP contribution in [0.4, 0.5) is 0 Å². The van der Waals surface area contributed by atoms with E-state index in [1.807, 2.05) is 6.92 Å². The van der Waals surface area contributed by atoms with Crippen molar-refractivity contribution in [3.63, 3.8) is 0 Å². The second-order valence-corrected chi connectivity index (χ2v) is 2.71. The molecule has 1 saturated heterocycles. The second kappa shape index (κ2) is 2.98. The zero-order valence-electron chi connectivity index (χ0n) is 6.05. The molecule has 4 N–H and O–H groups in total. The lowest BCUT2D eigenvalue weighted by Crippen LogP contribution is -2.46. The first kappa shape index (κ1) is 7.50. The van der Waals surface area contributed by atoms with Gasteiger partial charge in [0.05, 0.1) is 6.04 Å². The SMILES string of the molecule is C[C@@H]1CCN[C@@H]1C(=O)NN. The summed E-state index contributed by atoms with van der Waals surface area (Å²) in [5.41, 5.74) is 2.14. The minimum Gasteiger partial charge on any atom is -0.306 e. The number of nitrogens with two attached hydrogens (primary N) is 1. The van der Waals surface area contributed by atoms with Gasteiger partial charge in [-0.05, 0) is 18.9 Å². The van der Waals surface area contributed by atoms with Gasteiger partial charge >= 0.3 is 0 Å². The van der Waals surface area contributed by atoms with Crippen molar-refractivity contribution >= 4 is 5.91 Å². The van der Waals surface area contributed by atoms with Crippen molar-refractivity contribution in [2.45, 2.75) is 19.4 Å². The van der Waals surface area contributed by atoms with Crippen LogP contribution in [0.25, 0.3) is 0 Å². The lowest BCUT2D eigenvalue weighted by Gasteiger charge is -2.12. The molecule has 0 aromatic rings. The van der Waals surface area contributed by atoms with Gasteiger partial charge in [0, 0.05) is 0 Å². The quantitative estimate of drug-likeness (QED) is 0.250. The highest BCUT2D eigenvalue weighted by Gasteiger charge is 2.28. The summed E-state index contributed by atoms with van der Waals surface area (Å²) in [6.07, 6.45) is 1.05. The average molecular weight is 143 g/mol. The standard InChI is InChI=1S/C6H13N3O/c1-4-2-3-8-5(4)6(10)9-7/h4-5,8H,2-3,7H2,1H3,(H,9,10)/t4-,5+/m1/s1. The monoisotopic (exact) mass is 143 g/mol. The van der Waals surface area contributed by atoms with E-state index in [4.69, 9.17) is 5.84 Å². The summed E-state index contributed by atoms with van der Waals surface area (Å²) in [7, 11) is 0. The average Bonchev–Trinajstić information content (AvgIpc) is 2.34. The van der Waals surface area contributed by atoms with Crippen LogP contribution in [0.5, 0.6) is 0 Å². The van der Waals surface area contributed by atoms with Gasteiger partial charge in [0.2, 0.25) is 0 Å². The van der Waals surface area contributed by atoms with Crippen LogP contribution in [0, 0.1) is 5.92 Å². The Kier molecular flexibility index (Phi) is 2.24. The van der Waals surface area contributed by atoms with Crippen molar-refractivity contribution < 1.29 is 4.79 Å². The molecule has 2 atom stereocenters. The fraction of sp³-hybridized carbons (Fsp3) is 0.833. The molecule has 0 radical (unpaired) electrons. The smallest absolute Gasteiger partial charge is 0.251 e. The van der Waals surface area contributed by atoms with E-state index in [0.717, 1.165) is 13.0 Å². The van der Waals surface area contributed by atoms with E-state index in [-0.39, 0.29) is 11.9 Å². The van der Waals surface area contributed by atoms with Crippen molar-refractivity contribution in [3.05, 3.63) is 0 Å². The molecule has 10 heavy (non-hydrogen) atoms. The summed E-state index contributed by atoms with van der Waals surface area (Å²) >= 11 is 0. The molecule has 0 aliphatic carbocycles.